The molecule has 29 heavy (non-hydrogen) atoms. The zero-order valence-electron chi connectivity index (χ0n) is 15.9. The predicted molar refractivity (Wildman–Crippen MR) is 105 cm³/mol. The number of pyridine rings is 1. The molecule has 0 bridgehead atoms. The molecule has 1 aromatic carbocycles. The number of aromatic amines is 1. The highest BCUT2D eigenvalue weighted by Crippen LogP contribution is 2.33. The van der Waals surface area contributed by atoms with Crippen molar-refractivity contribution in [3.05, 3.63) is 77.8 Å². The molecule has 0 radical (unpaired) electrons. The molecule has 0 saturated heterocycles. The highest BCUT2D eigenvalue weighted by atomic mass is 16.5. The molecular weight excluding hydrogens is 368 g/mol. The second-order valence-corrected chi connectivity index (χ2v) is 6.97. The van der Waals surface area contributed by atoms with Crippen molar-refractivity contribution in [2.24, 2.45) is 0 Å². The number of H-pyrrole nitrogens is 1. The predicted octanol–water partition coefficient (Wildman–Crippen LogP) is 3.16. The summed E-state index contributed by atoms with van der Waals surface area (Å²) < 4.78 is 10.9. The summed E-state index contributed by atoms with van der Waals surface area (Å²) in [5.41, 5.74) is 4.04. The minimum absolute atomic E-state index is 0.0575. The Labute approximate surface area is 167 Å². The summed E-state index contributed by atoms with van der Waals surface area (Å²) in [4.78, 5) is 19.0. The Bertz CT molecular complexity index is 1090. The molecule has 0 spiro atoms. The molecule has 8 heteroatoms. The molecule has 0 aliphatic carbocycles. The van der Waals surface area contributed by atoms with Gasteiger partial charge in [-0.2, -0.15) is 4.98 Å². The molecule has 1 aliphatic rings. The maximum atomic E-state index is 5.65. The summed E-state index contributed by atoms with van der Waals surface area (Å²) >= 11 is 0. The average molecular weight is 388 g/mol. The van der Waals surface area contributed by atoms with Crippen molar-refractivity contribution >= 4 is 0 Å². The number of ether oxygens (including phenoxy) is 1. The standard InChI is InChI=1S/C21H20N6O2/c1-28-15-7-5-14(6-8-15)11-27-12-18-17(23-13-24-18)10-19(27)21-25-20(26-29-21)16-4-2-3-9-22-16/h2-9,13,19H,10-12H2,1H3,(H,23,24). The second-order valence-electron chi connectivity index (χ2n) is 6.97. The zero-order valence-corrected chi connectivity index (χ0v) is 15.9. The van der Waals surface area contributed by atoms with Gasteiger partial charge in [0.15, 0.2) is 0 Å². The van der Waals surface area contributed by atoms with Crippen LogP contribution in [0.4, 0.5) is 0 Å². The minimum atomic E-state index is -0.0575. The Hall–Kier alpha value is -3.52. The van der Waals surface area contributed by atoms with E-state index in [2.05, 4.69) is 42.1 Å². The molecule has 1 aliphatic heterocycles. The SMILES string of the molecule is COc1ccc(CN2Cc3[nH]cnc3CC2c2nc(-c3ccccn3)no2)cc1. The van der Waals surface area contributed by atoms with Gasteiger partial charge in [0.05, 0.1) is 30.9 Å². The number of nitrogens with zero attached hydrogens (tertiary/aromatic N) is 5. The van der Waals surface area contributed by atoms with Crippen LogP contribution in [0.15, 0.2) is 59.5 Å². The number of imidazole rings is 1. The summed E-state index contributed by atoms with van der Waals surface area (Å²) in [5, 5.41) is 4.15. The van der Waals surface area contributed by atoms with Gasteiger partial charge in [-0.3, -0.25) is 9.88 Å². The van der Waals surface area contributed by atoms with Crippen molar-refractivity contribution in [1.29, 1.82) is 0 Å². The quantitative estimate of drug-likeness (QED) is 0.561. The van der Waals surface area contributed by atoms with Crippen LogP contribution in [0.1, 0.15) is 28.9 Å². The van der Waals surface area contributed by atoms with E-state index in [-0.39, 0.29) is 6.04 Å². The average Bonchev–Trinajstić information content (AvgIpc) is 3.44. The lowest BCUT2D eigenvalue weighted by atomic mass is 10.0. The number of methoxy groups -OCH3 is 1. The van der Waals surface area contributed by atoms with Gasteiger partial charge in [0.2, 0.25) is 11.7 Å². The zero-order chi connectivity index (χ0) is 19.6. The molecule has 0 amide bonds. The normalized spacial score (nSPS) is 16.5. The Balaban J connectivity index is 1.44. The lowest BCUT2D eigenvalue weighted by Crippen LogP contribution is -2.34. The van der Waals surface area contributed by atoms with E-state index in [1.807, 2.05) is 30.3 Å². The van der Waals surface area contributed by atoms with Crippen LogP contribution < -0.4 is 4.74 Å². The van der Waals surface area contributed by atoms with Crippen LogP contribution in [-0.4, -0.2) is 37.1 Å². The smallest absolute Gasteiger partial charge is 0.244 e. The van der Waals surface area contributed by atoms with E-state index in [1.54, 1.807) is 19.6 Å². The molecule has 8 nitrogen and oxygen atoms in total. The molecule has 4 aromatic rings. The van der Waals surface area contributed by atoms with Crippen molar-refractivity contribution in [3.63, 3.8) is 0 Å². The van der Waals surface area contributed by atoms with Crippen LogP contribution in [0, 0.1) is 0 Å². The topological polar surface area (TPSA) is 93.0 Å². The van der Waals surface area contributed by atoms with Crippen LogP contribution >= 0.6 is 0 Å². The second kappa shape index (κ2) is 7.48. The summed E-state index contributed by atoms with van der Waals surface area (Å²) in [6.45, 7) is 1.47. The van der Waals surface area contributed by atoms with Crippen molar-refractivity contribution < 1.29 is 9.26 Å². The molecule has 0 fully saturated rings. The van der Waals surface area contributed by atoms with Crippen LogP contribution in [0.5, 0.6) is 5.75 Å². The molecule has 146 valence electrons. The molecule has 1 atom stereocenters. The fourth-order valence-electron chi connectivity index (χ4n) is 3.63. The van der Waals surface area contributed by atoms with E-state index in [0.717, 1.165) is 30.2 Å². The van der Waals surface area contributed by atoms with Crippen molar-refractivity contribution in [2.75, 3.05) is 7.11 Å². The Morgan fingerprint density at radius 2 is 2.07 bits per heavy atom. The van der Waals surface area contributed by atoms with Crippen molar-refractivity contribution in [1.82, 2.24) is 30.0 Å². The fraction of sp³-hybridized carbons (Fsp3) is 0.238. The fourth-order valence-corrected chi connectivity index (χ4v) is 3.63. The first-order valence-electron chi connectivity index (χ1n) is 9.43. The molecule has 1 N–H and O–H groups in total. The maximum absolute atomic E-state index is 5.65. The molecule has 3 aromatic heterocycles. The third-order valence-electron chi connectivity index (χ3n) is 5.16. The lowest BCUT2D eigenvalue weighted by molar-refractivity contribution is 0.128. The van der Waals surface area contributed by atoms with Gasteiger partial charge in [-0.25, -0.2) is 4.98 Å². The van der Waals surface area contributed by atoms with Crippen molar-refractivity contribution in [3.8, 4) is 17.3 Å². The first-order chi connectivity index (χ1) is 14.3. The number of hydrogen-bond donors (Lipinski definition) is 1. The summed E-state index contributed by atoms with van der Waals surface area (Å²) in [6, 6.07) is 13.7. The van der Waals surface area contributed by atoms with E-state index in [1.165, 1.54) is 5.56 Å². The monoisotopic (exact) mass is 388 g/mol. The molecular formula is C21H20N6O2. The molecule has 4 heterocycles. The summed E-state index contributed by atoms with van der Waals surface area (Å²) in [6.07, 6.45) is 4.17. The maximum Gasteiger partial charge on any atom is 0.244 e. The van der Waals surface area contributed by atoms with Crippen LogP contribution in [0.25, 0.3) is 11.5 Å². The highest BCUT2D eigenvalue weighted by molar-refractivity contribution is 5.47. The van der Waals surface area contributed by atoms with Crippen LogP contribution in [-0.2, 0) is 19.5 Å². The first kappa shape index (κ1) is 17.6. The third-order valence-corrected chi connectivity index (χ3v) is 5.16. The van der Waals surface area contributed by atoms with Gasteiger partial charge in [-0.15, -0.1) is 0 Å². The van der Waals surface area contributed by atoms with E-state index in [4.69, 9.17) is 9.26 Å². The Morgan fingerprint density at radius 1 is 1.17 bits per heavy atom. The van der Waals surface area contributed by atoms with Gasteiger partial charge in [0, 0.05) is 25.7 Å². The molecule has 1 unspecified atom stereocenters. The summed E-state index contributed by atoms with van der Waals surface area (Å²) in [5.74, 6) is 1.92. The van der Waals surface area contributed by atoms with Crippen molar-refractivity contribution in [2.45, 2.75) is 25.6 Å². The van der Waals surface area contributed by atoms with Gasteiger partial charge in [-0.05, 0) is 29.8 Å². The number of fused-ring (bicyclic) bond motifs is 1. The van der Waals surface area contributed by atoms with Gasteiger partial charge >= 0.3 is 0 Å². The Morgan fingerprint density at radius 3 is 2.86 bits per heavy atom. The Kier molecular flexibility index (Phi) is 4.53. The lowest BCUT2D eigenvalue weighted by Gasteiger charge is -2.32. The largest absolute Gasteiger partial charge is 0.497 e. The molecule has 0 saturated carbocycles. The third kappa shape index (κ3) is 3.50. The number of hydrogen-bond acceptors (Lipinski definition) is 7. The molecule has 5 rings (SSSR count). The van der Waals surface area contributed by atoms with Gasteiger partial charge in [0.1, 0.15) is 11.4 Å². The number of aromatic nitrogens is 5. The number of benzene rings is 1. The van der Waals surface area contributed by atoms with E-state index >= 15 is 0 Å². The number of nitrogens with one attached hydrogen (secondary N) is 1. The van der Waals surface area contributed by atoms with Crippen LogP contribution in [0.3, 0.4) is 0 Å². The van der Waals surface area contributed by atoms with E-state index in [0.29, 0.717) is 23.8 Å². The van der Waals surface area contributed by atoms with Gasteiger partial charge < -0.3 is 14.2 Å². The number of rotatable bonds is 5. The van der Waals surface area contributed by atoms with E-state index < -0.39 is 0 Å². The van der Waals surface area contributed by atoms with Gasteiger partial charge in [0.25, 0.3) is 0 Å². The van der Waals surface area contributed by atoms with Gasteiger partial charge in [-0.1, -0.05) is 23.4 Å². The summed E-state index contributed by atoms with van der Waals surface area (Å²) in [7, 11) is 1.67. The van der Waals surface area contributed by atoms with E-state index in [9.17, 15) is 0 Å². The first-order valence-corrected chi connectivity index (χ1v) is 9.43. The van der Waals surface area contributed by atoms with Crippen LogP contribution in [0.2, 0.25) is 0 Å². The highest BCUT2D eigenvalue weighted by Gasteiger charge is 2.33. The minimum Gasteiger partial charge on any atom is -0.497 e.